The van der Waals surface area contributed by atoms with Gasteiger partial charge < -0.3 is 10.1 Å². The smallest absolute Gasteiger partial charge is 0.0729 e. The molecule has 0 bridgehead atoms. The first kappa shape index (κ1) is 14.2. The lowest BCUT2D eigenvalue weighted by molar-refractivity contribution is 0.110. The average molecular weight is 239 g/mol. The minimum atomic E-state index is 0.243. The summed E-state index contributed by atoms with van der Waals surface area (Å²) in [7, 11) is 0. The fourth-order valence-electron chi connectivity index (χ4n) is 1.94. The average Bonchev–Trinajstić information content (AvgIpc) is 2.69. The van der Waals surface area contributed by atoms with Gasteiger partial charge in [0.05, 0.1) is 24.0 Å². The van der Waals surface area contributed by atoms with Crippen molar-refractivity contribution in [1.82, 2.24) is 15.1 Å². The van der Waals surface area contributed by atoms with E-state index in [1.807, 2.05) is 6.92 Å². The van der Waals surface area contributed by atoms with Crippen LogP contribution in [0.4, 0.5) is 0 Å². The van der Waals surface area contributed by atoms with Crippen molar-refractivity contribution in [2.24, 2.45) is 0 Å². The largest absolute Gasteiger partial charge is 0.379 e. The van der Waals surface area contributed by atoms with Crippen LogP contribution in [0, 0.1) is 6.92 Å². The van der Waals surface area contributed by atoms with Crippen LogP contribution >= 0.6 is 0 Å². The summed E-state index contributed by atoms with van der Waals surface area (Å²) in [6.07, 6.45) is 1.06. The number of aryl methyl sites for hydroxylation is 2. The van der Waals surface area contributed by atoms with E-state index >= 15 is 0 Å². The third-order valence-electron chi connectivity index (χ3n) is 2.67. The fraction of sp³-hybridized carbons (Fsp3) is 0.769. The van der Waals surface area contributed by atoms with Crippen molar-refractivity contribution in [3.8, 4) is 0 Å². The van der Waals surface area contributed by atoms with Crippen molar-refractivity contribution in [3.63, 3.8) is 0 Å². The first-order chi connectivity index (χ1) is 8.22. The molecule has 17 heavy (non-hydrogen) atoms. The number of likely N-dealkylation sites (N-methyl/N-ethyl adjacent to an activating group) is 1. The summed E-state index contributed by atoms with van der Waals surface area (Å²) in [5, 5.41) is 7.94. The van der Waals surface area contributed by atoms with Crippen LogP contribution < -0.4 is 5.32 Å². The Kier molecular flexibility index (Phi) is 6.22. The number of rotatable bonds is 8. The lowest BCUT2D eigenvalue weighted by atomic mass is 10.2. The zero-order valence-electron chi connectivity index (χ0n) is 11.5. The number of hydrogen-bond acceptors (Lipinski definition) is 3. The molecule has 0 aliphatic carbocycles. The SMILES string of the molecule is CCCOCC(NCC)c1cc(C)nn1CC. The van der Waals surface area contributed by atoms with Gasteiger partial charge in [0.2, 0.25) is 0 Å². The van der Waals surface area contributed by atoms with Gasteiger partial charge in [-0.2, -0.15) is 5.10 Å². The van der Waals surface area contributed by atoms with E-state index in [1.54, 1.807) is 0 Å². The fourth-order valence-corrected chi connectivity index (χ4v) is 1.94. The predicted octanol–water partition coefficient (Wildman–Crippen LogP) is 2.29. The number of ether oxygens (including phenoxy) is 1. The monoisotopic (exact) mass is 239 g/mol. The highest BCUT2D eigenvalue weighted by Gasteiger charge is 2.16. The molecule has 0 fully saturated rings. The molecule has 1 aromatic rings. The number of aromatic nitrogens is 2. The van der Waals surface area contributed by atoms with E-state index in [9.17, 15) is 0 Å². The van der Waals surface area contributed by atoms with E-state index in [0.717, 1.165) is 31.8 Å². The molecular weight excluding hydrogens is 214 g/mol. The summed E-state index contributed by atoms with van der Waals surface area (Å²) in [5.41, 5.74) is 2.29. The molecular formula is C13H25N3O. The van der Waals surface area contributed by atoms with E-state index in [4.69, 9.17) is 4.74 Å². The van der Waals surface area contributed by atoms with Gasteiger partial charge in [-0.1, -0.05) is 13.8 Å². The predicted molar refractivity (Wildman–Crippen MR) is 70.2 cm³/mol. The zero-order valence-corrected chi connectivity index (χ0v) is 11.5. The van der Waals surface area contributed by atoms with Gasteiger partial charge in [-0.3, -0.25) is 4.68 Å². The topological polar surface area (TPSA) is 39.1 Å². The molecule has 0 aliphatic heterocycles. The Balaban J connectivity index is 2.73. The van der Waals surface area contributed by atoms with Gasteiger partial charge in [0, 0.05) is 13.2 Å². The summed E-state index contributed by atoms with van der Waals surface area (Å²) < 4.78 is 7.71. The van der Waals surface area contributed by atoms with E-state index in [0.29, 0.717) is 6.61 Å². The molecule has 0 aliphatic rings. The molecule has 98 valence electrons. The number of hydrogen-bond donors (Lipinski definition) is 1. The molecule has 1 aromatic heterocycles. The van der Waals surface area contributed by atoms with Crippen LogP contribution in [-0.4, -0.2) is 29.5 Å². The van der Waals surface area contributed by atoms with Crippen molar-refractivity contribution in [2.75, 3.05) is 19.8 Å². The second-order valence-electron chi connectivity index (χ2n) is 4.21. The maximum atomic E-state index is 5.66. The molecule has 0 aromatic carbocycles. The molecule has 0 amide bonds. The van der Waals surface area contributed by atoms with Gasteiger partial charge in [0.15, 0.2) is 0 Å². The summed E-state index contributed by atoms with van der Waals surface area (Å²) in [6.45, 7) is 11.8. The van der Waals surface area contributed by atoms with Crippen LogP contribution in [0.5, 0.6) is 0 Å². The molecule has 4 heteroatoms. The normalized spacial score (nSPS) is 12.9. The summed E-state index contributed by atoms with van der Waals surface area (Å²) >= 11 is 0. The van der Waals surface area contributed by atoms with E-state index in [1.165, 1.54) is 5.69 Å². The second kappa shape index (κ2) is 7.45. The first-order valence-corrected chi connectivity index (χ1v) is 6.58. The summed E-state index contributed by atoms with van der Waals surface area (Å²) in [4.78, 5) is 0. The Labute approximate surface area is 104 Å². The van der Waals surface area contributed by atoms with Crippen LogP contribution in [0.15, 0.2) is 6.07 Å². The van der Waals surface area contributed by atoms with E-state index in [2.05, 4.69) is 41.9 Å². The maximum Gasteiger partial charge on any atom is 0.0729 e. The maximum absolute atomic E-state index is 5.66. The molecule has 1 unspecified atom stereocenters. The quantitative estimate of drug-likeness (QED) is 0.707. The molecule has 1 heterocycles. The van der Waals surface area contributed by atoms with Crippen molar-refractivity contribution in [3.05, 3.63) is 17.5 Å². The highest BCUT2D eigenvalue weighted by molar-refractivity contribution is 5.13. The number of nitrogens with zero attached hydrogens (tertiary/aromatic N) is 2. The Morgan fingerprint density at radius 3 is 2.76 bits per heavy atom. The van der Waals surface area contributed by atoms with Gasteiger partial charge in [0.1, 0.15) is 0 Å². The summed E-state index contributed by atoms with van der Waals surface area (Å²) in [6, 6.07) is 2.39. The van der Waals surface area contributed by atoms with Crippen LogP contribution in [-0.2, 0) is 11.3 Å². The molecule has 0 saturated heterocycles. The molecule has 1 N–H and O–H groups in total. The molecule has 0 radical (unpaired) electrons. The lowest BCUT2D eigenvalue weighted by Gasteiger charge is -2.18. The zero-order chi connectivity index (χ0) is 12.7. The molecule has 0 saturated carbocycles. The van der Waals surface area contributed by atoms with Crippen molar-refractivity contribution in [1.29, 1.82) is 0 Å². The standard InChI is InChI=1S/C13H25N3O/c1-5-8-17-10-12(14-6-2)13-9-11(4)15-16(13)7-3/h9,12,14H,5-8,10H2,1-4H3. The van der Waals surface area contributed by atoms with E-state index < -0.39 is 0 Å². The van der Waals surface area contributed by atoms with Crippen molar-refractivity contribution < 1.29 is 4.74 Å². The molecule has 0 spiro atoms. The van der Waals surface area contributed by atoms with Crippen LogP contribution in [0.3, 0.4) is 0 Å². The molecule has 1 atom stereocenters. The number of nitrogens with one attached hydrogen (secondary N) is 1. The van der Waals surface area contributed by atoms with Gasteiger partial charge in [-0.25, -0.2) is 0 Å². The highest BCUT2D eigenvalue weighted by Crippen LogP contribution is 2.15. The Bertz CT molecular complexity index is 322. The lowest BCUT2D eigenvalue weighted by Crippen LogP contribution is -2.28. The minimum Gasteiger partial charge on any atom is -0.379 e. The third-order valence-corrected chi connectivity index (χ3v) is 2.67. The second-order valence-corrected chi connectivity index (χ2v) is 4.21. The van der Waals surface area contributed by atoms with Crippen LogP contribution in [0.2, 0.25) is 0 Å². The van der Waals surface area contributed by atoms with Crippen molar-refractivity contribution >= 4 is 0 Å². The highest BCUT2D eigenvalue weighted by atomic mass is 16.5. The Hall–Kier alpha value is -0.870. The van der Waals surface area contributed by atoms with E-state index in [-0.39, 0.29) is 6.04 Å². The molecule has 4 nitrogen and oxygen atoms in total. The summed E-state index contributed by atoms with van der Waals surface area (Å²) in [5.74, 6) is 0. The molecule has 1 rings (SSSR count). The van der Waals surface area contributed by atoms with Gasteiger partial charge in [-0.05, 0) is 32.9 Å². The first-order valence-electron chi connectivity index (χ1n) is 6.58. The van der Waals surface area contributed by atoms with Gasteiger partial charge >= 0.3 is 0 Å². The van der Waals surface area contributed by atoms with Crippen LogP contribution in [0.1, 0.15) is 44.6 Å². The Morgan fingerprint density at radius 1 is 1.41 bits per heavy atom. The van der Waals surface area contributed by atoms with Gasteiger partial charge in [0.25, 0.3) is 0 Å². The van der Waals surface area contributed by atoms with Crippen LogP contribution in [0.25, 0.3) is 0 Å². The Morgan fingerprint density at radius 2 is 2.18 bits per heavy atom. The van der Waals surface area contributed by atoms with Crippen molar-refractivity contribution in [2.45, 2.75) is 46.7 Å². The van der Waals surface area contributed by atoms with Gasteiger partial charge in [-0.15, -0.1) is 0 Å². The minimum absolute atomic E-state index is 0.243. The third kappa shape index (κ3) is 4.13.